The molecule has 0 unspecified atom stereocenters. The summed E-state index contributed by atoms with van der Waals surface area (Å²) in [6.07, 6.45) is 3.91. The first-order chi connectivity index (χ1) is 15.8. The maximum atomic E-state index is 13.3. The summed E-state index contributed by atoms with van der Waals surface area (Å²) in [5.41, 5.74) is 0.211. The van der Waals surface area contributed by atoms with Gasteiger partial charge in [-0.1, -0.05) is 28.6 Å². The highest BCUT2D eigenvalue weighted by atomic mass is 32.2. The van der Waals surface area contributed by atoms with Gasteiger partial charge in [-0.3, -0.25) is 14.9 Å². The molecule has 1 aromatic carbocycles. The quantitative estimate of drug-likeness (QED) is 0.445. The average Bonchev–Trinajstić information content (AvgIpc) is 3.42. The number of nitrogens with zero attached hydrogens (tertiary/aromatic N) is 3. The predicted octanol–water partition coefficient (Wildman–Crippen LogP) is 2.59. The van der Waals surface area contributed by atoms with E-state index < -0.39 is 20.9 Å². The molecule has 4 rings (SSSR count). The van der Waals surface area contributed by atoms with Crippen molar-refractivity contribution in [1.82, 2.24) is 9.88 Å². The molecule has 2 heterocycles. The van der Waals surface area contributed by atoms with Gasteiger partial charge in [0.1, 0.15) is 6.61 Å². The third-order valence-corrected chi connectivity index (χ3v) is 8.52. The minimum atomic E-state index is -3.38. The molecule has 1 aromatic heterocycles. The molecule has 1 saturated heterocycles. The Balaban J connectivity index is 1.54. The maximum Gasteiger partial charge on any atom is 0.280 e. The van der Waals surface area contributed by atoms with E-state index in [9.17, 15) is 22.4 Å². The van der Waals surface area contributed by atoms with Gasteiger partial charge in [-0.25, -0.2) is 13.4 Å². The molecule has 9 nitrogen and oxygen atoms in total. The molecule has 0 spiro atoms. The second-order valence-electron chi connectivity index (χ2n) is 7.94. The van der Waals surface area contributed by atoms with E-state index in [1.807, 2.05) is 0 Å². The van der Waals surface area contributed by atoms with Gasteiger partial charge >= 0.3 is 0 Å². The smallest absolute Gasteiger partial charge is 0.280 e. The van der Waals surface area contributed by atoms with Crippen LogP contribution >= 0.6 is 11.3 Å². The van der Waals surface area contributed by atoms with Crippen LogP contribution in [-0.2, 0) is 24.3 Å². The van der Waals surface area contributed by atoms with E-state index in [-0.39, 0.29) is 39.5 Å². The number of thiazole rings is 1. The molecule has 176 valence electrons. The van der Waals surface area contributed by atoms with E-state index in [2.05, 4.69) is 15.5 Å². The van der Waals surface area contributed by atoms with Gasteiger partial charge in [-0.15, -0.1) is 0 Å². The fourth-order valence-electron chi connectivity index (χ4n) is 3.68. The first-order valence-corrected chi connectivity index (χ1v) is 12.9. The number of aromatic nitrogens is 1. The van der Waals surface area contributed by atoms with Gasteiger partial charge < -0.3 is 9.74 Å². The lowest BCUT2D eigenvalue weighted by Gasteiger charge is -2.22. The maximum absolute atomic E-state index is 13.3. The summed E-state index contributed by atoms with van der Waals surface area (Å²) in [6, 6.07) is 5.69. The van der Waals surface area contributed by atoms with E-state index in [0.717, 1.165) is 19.0 Å². The second kappa shape index (κ2) is 9.56. The number of carbonyl (C=O) groups is 2. The van der Waals surface area contributed by atoms with Crippen LogP contribution in [0.2, 0.25) is 0 Å². The fourth-order valence-corrected chi connectivity index (χ4v) is 5.87. The van der Waals surface area contributed by atoms with Gasteiger partial charge in [-0.2, -0.15) is 4.39 Å². The van der Waals surface area contributed by atoms with Crippen LogP contribution in [0, 0.1) is 5.13 Å². The average molecular weight is 495 g/mol. The highest BCUT2D eigenvalue weighted by Crippen LogP contribution is 2.33. The number of likely N-dealkylation sites (tertiary alicyclic amines) is 1. The van der Waals surface area contributed by atoms with Crippen LogP contribution in [0.25, 0.3) is 0 Å². The first kappa shape index (κ1) is 23.3. The zero-order chi connectivity index (χ0) is 23.6. The lowest BCUT2D eigenvalue weighted by Crippen LogP contribution is -2.36. The Morgan fingerprint density at radius 2 is 2.00 bits per heavy atom. The van der Waals surface area contributed by atoms with E-state index in [4.69, 9.17) is 4.84 Å². The SMILES string of the molecule is CC(=O)N1CCC[C@H]1CO/N=C(/C(=O)Nc1ncc(F)s1)c1ccc(S(=O)(=O)C2CC2)cc1. The third-order valence-electron chi connectivity index (χ3n) is 5.54. The van der Waals surface area contributed by atoms with Crippen LogP contribution in [0.4, 0.5) is 9.52 Å². The zero-order valence-corrected chi connectivity index (χ0v) is 19.5. The number of benzene rings is 1. The van der Waals surface area contributed by atoms with Crippen LogP contribution in [0.1, 0.15) is 38.2 Å². The molecule has 0 radical (unpaired) electrons. The largest absolute Gasteiger partial charge is 0.393 e. The van der Waals surface area contributed by atoms with Crippen LogP contribution in [0.15, 0.2) is 40.5 Å². The summed E-state index contributed by atoms with van der Waals surface area (Å²) in [7, 11) is -3.38. The molecule has 1 atom stereocenters. The van der Waals surface area contributed by atoms with E-state index in [1.54, 1.807) is 4.90 Å². The van der Waals surface area contributed by atoms with Crippen molar-refractivity contribution >= 4 is 43.8 Å². The van der Waals surface area contributed by atoms with Crippen LogP contribution in [-0.4, -0.2) is 60.3 Å². The number of hydrogen-bond donors (Lipinski definition) is 1. The topological polar surface area (TPSA) is 118 Å². The molecule has 1 aliphatic carbocycles. The van der Waals surface area contributed by atoms with Crippen LogP contribution in [0.5, 0.6) is 0 Å². The fraction of sp³-hybridized carbons (Fsp3) is 0.429. The molecule has 2 aliphatic rings. The molecule has 12 heteroatoms. The molecule has 2 amide bonds. The van der Waals surface area contributed by atoms with Gasteiger partial charge in [0.15, 0.2) is 25.8 Å². The van der Waals surface area contributed by atoms with Crippen molar-refractivity contribution in [3.63, 3.8) is 0 Å². The lowest BCUT2D eigenvalue weighted by molar-refractivity contribution is -0.130. The van der Waals surface area contributed by atoms with E-state index >= 15 is 0 Å². The number of anilines is 1. The van der Waals surface area contributed by atoms with Crippen molar-refractivity contribution in [1.29, 1.82) is 0 Å². The van der Waals surface area contributed by atoms with Crippen molar-refractivity contribution in [2.24, 2.45) is 5.16 Å². The molecule has 33 heavy (non-hydrogen) atoms. The lowest BCUT2D eigenvalue weighted by atomic mass is 10.1. The highest BCUT2D eigenvalue weighted by Gasteiger charge is 2.37. The minimum absolute atomic E-state index is 0.0525. The molecule has 0 bridgehead atoms. The zero-order valence-electron chi connectivity index (χ0n) is 17.9. The second-order valence-corrected chi connectivity index (χ2v) is 11.1. The van der Waals surface area contributed by atoms with Gasteiger partial charge in [-0.05, 0) is 37.8 Å². The Hall–Kier alpha value is -2.86. The monoisotopic (exact) mass is 494 g/mol. The summed E-state index contributed by atoms with van der Waals surface area (Å²) >= 11 is 0.663. The summed E-state index contributed by atoms with van der Waals surface area (Å²) in [5.74, 6) is -0.738. The predicted molar refractivity (Wildman–Crippen MR) is 120 cm³/mol. The normalized spacial score (nSPS) is 18.9. The number of hydrogen-bond acceptors (Lipinski definition) is 8. The Morgan fingerprint density at radius 1 is 1.27 bits per heavy atom. The molecule has 1 aliphatic heterocycles. The summed E-state index contributed by atoms with van der Waals surface area (Å²) in [5, 5.41) is 5.62. The van der Waals surface area contributed by atoms with Gasteiger partial charge in [0, 0.05) is 19.0 Å². The van der Waals surface area contributed by atoms with Crippen LogP contribution in [0.3, 0.4) is 0 Å². The first-order valence-electron chi connectivity index (χ1n) is 10.5. The number of halogens is 1. The van der Waals surface area contributed by atoms with Gasteiger partial charge in [0.25, 0.3) is 5.91 Å². The van der Waals surface area contributed by atoms with Crippen molar-refractivity contribution < 1.29 is 27.2 Å². The molecule has 1 N–H and O–H groups in total. The number of amides is 2. The van der Waals surface area contributed by atoms with Crippen LogP contribution < -0.4 is 5.32 Å². The molecule has 2 aromatic rings. The van der Waals surface area contributed by atoms with Crippen molar-refractivity contribution in [2.75, 3.05) is 18.5 Å². The van der Waals surface area contributed by atoms with Gasteiger partial charge in [0.05, 0.1) is 22.4 Å². The van der Waals surface area contributed by atoms with E-state index in [1.165, 1.54) is 31.2 Å². The number of carbonyl (C=O) groups excluding carboxylic acids is 2. The molecular weight excluding hydrogens is 471 g/mol. The Kier molecular flexibility index (Phi) is 6.75. The number of sulfone groups is 1. The summed E-state index contributed by atoms with van der Waals surface area (Å²) in [4.78, 5) is 35.7. The molecule has 1 saturated carbocycles. The minimum Gasteiger partial charge on any atom is -0.393 e. The third kappa shape index (κ3) is 5.38. The van der Waals surface area contributed by atoms with E-state index in [0.29, 0.717) is 36.3 Å². The Morgan fingerprint density at radius 3 is 2.61 bits per heavy atom. The number of oxime groups is 1. The number of rotatable bonds is 8. The highest BCUT2D eigenvalue weighted by molar-refractivity contribution is 7.92. The van der Waals surface area contributed by atoms with Crippen molar-refractivity contribution in [2.45, 2.75) is 48.8 Å². The van der Waals surface area contributed by atoms with Gasteiger partial charge in [0.2, 0.25) is 5.91 Å². The van der Waals surface area contributed by atoms with Crippen molar-refractivity contribution in [3.05, 3.63) is 41.2 Å². The Labute approximate surface area is 194 Å². The summed E-state index contributed by atoms with van der Waals surface area (Å²) in [6.45, 7) is 2.24. The standard InChI is InChI=1S/C21H23FN4O5S2/c1-13(27)26-10-2-3-15(26)12-31-25-19(20(28)24-21-23-11-18(22)32-21)14-4-6-16(7-5-14)33(29,30)17-8-9-17/h4-7,11,15,17H,2-3,8-10,12H2,1H3,(H,23,24,28)/b25-19+/t15-/m0/s1. The summed E-state index contributed by atoms with van der Waals surface area (Å²) < 4.78 is 38.2. The molecular formula is C21H23FN4O5S2. The van der Waals surface area contributed by atoms with Crippen molar-refractivity contribution in [3.8, 4) is 0 Å². The Bertz CT molecular complexity index is 1180. The molecule has 2 fully saturated rings. The number of nitrogens with one attached hydrogen (secondary N) is 1.